The van der Waals surface area contributed by atoms with E-state index in [0.717, 1.165) is 32.2 Å². The Morgan fingerprint density at radius 1 is 1.38 bits per heavy atom. The largest absolute Gasteiger partial charge is 0.329 e. The van der Waals surface area contributed by atoms with Crippen molar-refractivity contribution in [2.45, 2.75) is 31.0 Å². The van der Waals surface area contributed by atoms with Gasteiger partial charge in [0.2, 0.25) is 0 Å². The van der Waals surface area contributed by atoms with Gasteiger partial charge >= 0.3 is 0 Å². The van der Waals surface area contributed by atoms with E-state index in [4.69, 9.17) is 5.73 Å². The molecule has 2 N–H and O–H groups in total. The van der Waals surface area contributed by atoms with E-state index in [1.54, 1.807) is 0 Å². The Bertz CT molecular complexity index is 447. The molecule has 0 spiro atoms. The first kappa shape index (κ1) is 15.3. The summed E-state index contributed by atoms with van der Waals surface area (Å²) < 4.78 is 0. The third-order valence-corrected chi connectivity index (χ3v) is 6.39. The van der Waals surface area contributed by atoms with Gasteiger partial charge in [-0.15, -0.1) is 0 Å². The molecule has 2 aliphatic heterocycles. The van der Waals surface area contributed by atoms with Gasteiger partial charge in [0.05, 0.1) is 0 Å². The molecule has 2 unspecified atom stereocenters. The summed E-state index contributed by atoms with van der Waals surface area (Å²) in [5.74, 6) is 2.58. The minimum Gasteiger partial charge on any atom is -0.329 e. The third-order valence-electron chi connectivity index (χ3n) is 5.24. The number of rotatable bonds is 5. The van der Waals surface area contributed by atoms with Crippen molar-refractivity contribution in [3.63, 3.8) is 0 Å². The summed E-state index contributed by atoms with van der Waals surface area (Å²) in [6.45, 7) is 4.10. The summed E-state index contributed by atoms with van der Waals surface area (Å²) in [6, 6.07) is 11.5. The molecular formula is C17H27N3S. The number of likely N-dealkylation sites (N-methyl/N-ethyl adjacent to an activating group) is 1. The fourth-order valence-corrected chi connectivity index (χ4v) is 5.00. The summed E-state index contributed by atoms with van der Waals surface area (Å²) in [4.78, 5) is 5.18. The van der Waals surface area contributed by atoms with Crippen molar-refractivity contribution in [1.29, 1.82) is 0 Å². The van der Waals surface area contributed by atoms with Gasteiger partial charge in [0.25, 0.3) is 0 Å². The first-order valence-electron chi connectivity index (χ1n) is 8.00. The van der Waals surface area contributed by atoms with Crippen LogP contribution in [0.1, 0.15) is 18.4 Å². The van der Waals surface area contributed by atoms with E-state index >= 15 is 0 Å². The third kappa shape index (κ3) is 3.29. The average molecular weight is 305 g/mol. The van der Waals surface area contributed by atoms with Crippen molar-refractivity contribution in [2.75, 3.05) is 38.2 Å². The molecule has 0 aliphatic carbocycles. The molecule has 3 rings (SSSR count). The molecule has 1 aromatic rings. The highest BCUT2D eigenvalue weighted by molar-refractivity contribution is 7.99. The SMILES string of the molecule is CN(C1CCSC1)C1(CN)CCN(Cc2ccccc2)C1. The van der Waals surface area contributed by atoms with Gasteiger partial charge in [-0.2, -0.15) is 11.8 Å². The van der Waals surface area contributed by atoms with Crippen molar-refractivity contribution >= 4 is 11.8 Å². The Balaban J connectivity index is 1.65. The molecule has 4 heteroatoms. The smallest absolute Gasteiger partial charge is 0.0470 e. The summed E-state index contributed by atoms with van der Waals surface area (Å²) >= 11 is 2.09. The van der Waals surface area contributed by atoms with E-state index in [-0.39, 0.29) is 5.54 Å². The van der Waals surface area contributed by atoms with Crippen LogP contribution >= 0.6 is 11.8 Å². The second-order valence-corrected chi connectivity index (χ2v) is 7.65. The maximum Gasteiger partial charge on any atom is 0.0470 e. The van der Waals surface area contributed by atoms with Crippen LogP contribution in [0, 0.1) is 0 Å². The van der Waals surface area contributed by atoms with Crippen LogP contribution in [0.5, 0.6) is 0 Å². The molecule has 116 valence electrons. The Morgan fingerprint density at radius 3 is 2.86 bits per heavy atom. The number of hydrogen-bond donors (Lipinski definition) is 1. The van der Waals surface area contributed by atoms with E-state index in [2.05, 4.69) is 58.9 Å². The molecule has 0 saturated carbocycles. The summed E-state index contributed by atoms with van der Waals surface area (Å²) in [5.41, 5.74) is 7.81. The molecule has 2 heterocycles. The molecule has 3 nitrogen and oxygen atoms in total. The second kappa shape index (κ2) is 6.69. The van der Waals surface area contributed by atoms with Crippen molar-refractivity contribution < 1.29 is 0 Å². The average Bonchev–Trinajstić information content (AvgIpc) is 3.18. The minimum atomic E-state index is 0.185. The van der Waals surface area contributed by atoms with Crippen LogP contribution < -0.4 is 5.73 Å². The first-order chi connectivity index (χ1) is 10.2. The number of likely N-dealkylation sites (tertiary alicyclic amines) is 1. The zero-order chi connectivity index (χ0) is 14.7. The van der Waals surface area contributed by atoms with Gasteiger partial charge in [-0.3, -0.25) is 9.80 Å². The molecule has 0 bridgehead atoms. The standard InChI is InChI=1S/C17H27N3S/c1-19(16-7-10-21-12-16)17(13-18)8-9-20(14-17)11-15-5-3-2-4-6-15/h2-6,16H,7-14,18H2,1H3. The molecule has 0 amide bonds. The molecular weight excluding hydrogens is 278 g/mol. The fourth-order valence-electron chi connectivity index (χ4n) is 3.73. The van der Waals surface area contributed by atoms with Crippen LogP contribution in [-0.2, 0) is 6.54 Å². The highest BCUT2D eigenvalue weighted by atomic mass is 32.2. The minimum absolute atomic E-state index is 0.185. The van der Waals surface area contributed by atoms with Crippen LogP contribution in [0.3, 0.4) is 0 Å². The van der Waals surface area contributed by atoms with Crippen molar-refractivity contribution in [1.82, 2.24) is 9.80 Å². The normalized spacial score (nSPS) is 30.3. The molecule has 0 aromatic heterocycles. The van der Waals surface area contributed by atoms with Gasteiger partial charge in [0, 0.05) is 43.5 Å². The maximum atomic E-state index is 6.22. The molecule has 2 saturated heterocycles. The molecule has 0 radical (unpaired) electrons. The van der Waals surface area contributed by atoms with E-state index < -0.39 is 0 Å². The zero-order valence-corrected chi connectivity index (χ0v) is 13.8. The summed E-state index contributed by atoms with van der Waals surface area (Å²) in [7, 11) is 2.30. The number of nitrogens with two attached hydrogens (primary N) is 1. The van der Waals surface area contributed by atoms with Gasteiger partial charge in [-0.05, 0) is 31.2 Å². The molecule has 21 heavy (non-hydrogen) atoms. The van der Waals surface area contributed by atoms with Gasteiger partial charge in [0.1, 0.15) is 0 Å². The van der Waals surface area contributed by atoms with Crippen molar-refractivity contribution in [3.8, 4) is 0 Å². The quantitative estimate of drug-likeness (QED) is 0.902. The Morgan fingerprint density at radius 2 is 2.19 bits per heavy atom. The molecule has 2 fully saturated rings. The van der Waals surface area contributed by atoms with Crippen LogP contribution in [0.15, 0.2) is 30.3 Å². The zero-order valence-electron chi connectivity index (χ0n) is 13.0. The van der Waals surface area contributed by atoms with Crippen molar-refractivity contribution in [2.24, 2.45) is 5.73 Å². The number of nitrogens with zero attached hydrogens (tertiary/aromatic N) is 2. The lowest BCUT2D eigenvalue weighted by Crippen LogP contribution is -2.57. The van der Waals surface area contributed by atoms with E-state index in [1.807, 2.05) is 0 Å². The maximum absolute atomic E-state index is 6.22. The number of thioether (sulfide) groups is 1. The monoisotopic (exact) mass is 305 g/mol. The lowest BCUT2D eigenvalue weighted by Gasteiger charge is -2.41. The highest BCUT2D eigenvalue weighted by Crippen LogP contribution is 2.33. The first-order valence-corrected chi connectivity index (χ1v) is 9.16. The number of benzene rings is 1. The van der Waals surface area contributed by atoms with Gasteiger partial charge < -0.3 is 5.73 Å². The van der Waals surface area contributed by atoms with Crippen LogP contribution in [-0.4, -0.2) is 59.6 Å². The van der Waals surface area contributed by atoms with Gasteiger partial charge in [-0.1, -0.05) is 30.3 Å². The van der Waals surface area contributed by atoms with Crippen molar-refractivity contribution in [3.05, 3.63) is 35.9 Å². The topological polar surface area (TPSA) is 32.5 Å². The van der Waals surface area contributed by atoms with E-state index in [9.17, 15) is 0 Å². The van der Waals surface area contributed by atoms with Crippen LogP contribution in [0.25, 0.3) is 0 Å². The number of hydrogen-bond acceptors (Lipinski definition) is 4. The predicted molar refractivity (Wildman–Crippen MR) is 91.6 cm³/mol. The Kier molecular flexibility index (Phi) is 4.89. The Labute approximate surface area is 132 Å². The molecule has 1 aromatic carbocycles. The van der Waals surface area contributed by atoms with Gasteiger partial charge in [-0.25, -0.2) is 0 Å². The summed E-state index contributed by atoms with van der Waals surface area (Å²) in [5, 5.41) is 0. The van der Waals surface area contributed by atoms with Crippen LogP contribution in [0.2, 0.25) is 0 Å². The lowest BCUT2D eigenvalue weighted by atomic mass is 9.94. The fraction of sp³-hybridized carbons (Fsp3) is 0.647. The molecule has 2 atom stereocenters. The molecule has 2 aliphatic rings. The van der Waals surface area contributed by atoms with Crippen LogP contribution in [0.4, 0.5) is 0 Å². The lowest BCUT2D eigenvalue weighted by molar-refractivity contribution is 0.0916. The van der Waals surface area contributed by atoms with E-state index in [1.165, 1.54) is 29.9 Å². The van der Waals surface area contributed by atoms with Gasteiger partial charge in [0.15, 0.2) is 0 Å². The Hall–Kier alpha value is -0.550. The second-order valence-electron chi connectivity index (χ2n) is 6.50. The van der Waals surface area contributed by atoms with E-state index in [0.29, 0.717) is 0 Å². The highest BCUT2D eigenvalue weighted by Gasteiger charge is 2.43. The predicted octanol–water partition coefficient (Wildman–Crippen LogP) is 2.03. The summed E-state index contributed by atoms with van der Waals surface area (Å²) in [6.07, 6.45) is 2.52.